The molecule has 0 aliphatic heterocycles. The number of carboxylic acids is 1. The second kappa shape index (κ2) is 3.68. The van der Waals surface area contributed by atoms with Crippen LogP contribution in [0.3, 0.4) is 0 Å². The zero-order valence-corrected chi connectivity index (χ0v) is 9.13. The molecule has 0 bridgehead atoms. The molecule has 92 valence electrons. The highest BCUT2D eigenvalue weighted by molar-refractivity contribution is 5.76. The number of carboxylic acid groups (broad SMARTS) is 1. The molecule has 1 saturated carbocycles. The monoisotopic (exact) mass is 238 g/mol. The summed E-state index contributed by atoms with van der Waals surface area (Å²) in [6.45, 7) is 3.24. The van der Waals surface area contributed by atoms with Gasteiger partial charge in [0.25, 0.3) is 0 Å². The van der Waals surface area contributed by atoms with E-state index < -0.39 is 35.2 Å². The smallest absolute Gasteiger partial charge is 0.448 e. The van der Waals surface area contributed by atoms with Crippen molar-refractivity contribution in [2.45, 2.75) is 20.0 Å². The lowest BCUT2D eigenvalue weighted by Crippen LogP contribution is -2.14. The number of methoxy groups -OCH3 is 1. The molecular weight excluding hydrogens is 225 g/mol. The van der Waals surface area contributed by atoms with Crippen LogP contribution in [0.25, 0.3) is 0 Å². The Morgan fingerprint density at radius 3 is 2.19 bits per heavy atom. The summed E-state index contributed by atoms with van der Waals surface area (Å²) in [5, 5.41) is 8.80. The molecule has 1 aliphatic rings. The van der Waals surface area contributed by atoms with Gasteiger partial charge in [-0.25, -0.2) is 0 Å². The minimum atomic E-state index is -4.57. The summed E-state index contributed by atoms with van der Waals surface area (Å²) in [6, 6.07) is 0. The third-order valence-corrected chi connectivity index (χ3v) is 3.01. The maximum Gasteiger partial charge on any atom is 0.448 e. The first-order valence-corrected chi connectivity index (χ1v) is 4.68. The third kappa shape index (κ3) is 2.15. The molecule has 2 atom stereocenters. The van der Waals surface area contributed by atoms with E-state index in [0.29, 0.717) is 0 Å². The Bertz CT molecular complexity index is 331. The molecular formula is C10H13F3O3. The van der Waals surface area contributed by atoms with Crippen LogP contribution in [0.5, 0.6) is 0 Å². The fourth-order valence-electron chi connectivity index (χ4n) is 1.90. The second-order valence-corrected chi connectivity index (χ2v) is 4.40. The van der Waals surface area contributed by atoms with Crippen molar-refractivity contribution in [3.63, 3.8) is 0 Å². The number of aliphatic carboxylic acids is 1. The van der Waals surface area contributed by atoms with Gasteiger partial charge in [0.1, 0.15) is 0 Å². The SMILES string of the molecule is CO/C(=C/C1C(C(=O)O)C1(C)C)C(F)(F)F. The first kappa shape index (κ1) is 12.9. The standard InChI is InChI=1S/C10H13F3O3/c1-9(2)5(7(9)8(14)15)4-6(16-3)10(11,12)13/h4-5,7H,1-3H3,(H,14,15)/b6-4+. The fraction of sp³-hybridized carbons (Fsp3) is 0.700. The Balaban J connectivity index is 2.90. The van der Waals surface area contributed by atoms with Gasteiger partial charge in [0, 0.05) is 5.92 Å². The van der Waals surface area contributed by atoms with Crippen molar-refractivity contribution < 1.29 is 27.8 Å². The minimum Gasteiger partial charge on any atom is -0.492 e. The molecule has 3 nitrogen and oxygen atoms in total. The Labute approximate surface area is 90.9 Å². The van der Waals surface area contributed by atoms with E-state index in [1.54, 1.807) is 13.8 Å². The van der Waals surface area contributed by atoms with Crippen LogP contribution in [-0.2, 0) is 9.53 Å². The quantitative estimate of drug-likeness (QED) is 0.768. The first-order chi connectivity index (χ1) is 7.12. The number of allylic oxidation sites excluding steroid dienone is 2. The predicted molar refractivity (Wildman–Crippen MR) is 49.5 cm³/mol. The van der Waals surface area contributed by atoms with Crippen LogP contribution in [0.2, 0.25) is 0 Å². The van der Waals surface area contributed by atoms with Crippen molar-refractivity contribution in [1.29, 1.82) is 0 Å². The average molecular weight is 238 g/mol. The molecule has 2 unspecified atom stereocenters. The number of carbonyl (C=O) groups is 1. The molecule has 1 fully saturated rings. The van der Waals surface area contributed by atoms with Crippen molar-refractivity contribution in [1.82, 2.24) is 0 Å². The van der Waals surface area contributed by atoms with Gasteiger partial charge >= 0.3 is 12.1 Å². The number of ether oxygens (including phenoxy) is 1. The molecule has 0 amide bonds. The van der Waals surface area contributed by atoms with Crippen LogP contribution in [0.4, 0.5) is 13.2 Å². The van der Waals surface area contributed by atoms with Gasteiger partial charge in [-0.2, -0.15) is 13.2 Å². The van der Waals surface area contributed by atoms with Crippen LogP contribution in [0, 0.1) is 17.3 Å². The third-order valence-electron chi connectivity index (χ3n) is 3.01. The molecule has 0 aromatic heterocycles. The zero-order valence-electron chi connectivity index (χ0n) is 9.13. The summed E-state index contributed by atoms with van der Waals surface area (Å²) < 4.78 is 41.3. The van der Waals surface area contributed by atoms with Crippen LogP contribution >= 0.6 is 0 Å². The van der Waals surface area contributed by atoms with E-state index >= 15 is 0 Å². The van der Waals surface area contributed by atoms with Gasteiger partial charge in [-0.15, -0.1) is 0 Å². The molecule has 0 aromatic rings. The van der Waals surface area contributed by atoms with E-state index in [1.807, 2.05) is 0 Å². The molecule has 0 radical (unpaired) electrons. The second-order valence-electron chi connectivity index (χ2n) is 4.40. The number of hydrogen-bond donors (Lipinski definition) is 1. The van der Waals surface area contributed by atoms with Crippen LogP contribution < -0.4 is 0 Å². The van der Waals surface area contributed by atoms with Gasteiger partial charge in [0.2, 0.25) is 0 Å². The highest BCUT2D eigenvalue weighted by Gasteiger charge is 2.61. The summed E-state index contributed by atoms with van der Waals surface area (Å²) >= 11 is 0. The fourth-order valence-corrected chi connectivity index (χ4v) is 1.90. The predicted octanol–water partition coefficient (Wildman–Crippen LogP) is 2.44. The first-order valence-electron chi connectivity index (χ1n) is 4.68. The summed E-state index contributed by atoms with van der Waals surface area (Å²) in [5.74, 6) is -3.63. The normalized spacial score (nSPS) is 28.8. The Hall–Kier alpha value is -1.20. The van der Waals surface area contributed by atoms with E-state index in [4.69, 9.17) is 5.11 Å². The van der Waals surface area contributed by atoms with Gasteiger partial charge in [-0.05, 0) is 11.5 Å². The van der Waals surface area contributed by atoms with E-state index in [1.165, 1.54) is 0 Å². The highest BCUT2D eigenvalue weighted by Crippen LogP contribution is 2.59. The van der Waals surface area contributed by atoms with Gasteiger partial charge in [0.15, 0.2) is 5.76 Å². The van der Waals surface area contributed by atoms with E-state index in [0.717, 1.165) is 13.2 Å². The van der Waals surface area contributed by atoms with Crippen molar-refractivity contribution in [2.75, 3.05) is 7.11 Å². The lowest BCUT2D eigenvalue weighted by atomic mass is 10.1. The molecule has 0 spiro atoms. The molecule has 1 rings (SSSR count). The molecule has 6 heteroatoms. The molecule has 1 N–H and O–H groups in total. The topological polar surface area (TPSA) is 46.5 Å². The maximum atomic E-state index is 12.3. The van der Waals surface area contributed by atoms with E-state index in [-0.39, 0.29) is 0 Å². The summed E-state index contributed by atoms with van der Waals surface area (Å²) in [5.41, 5.74) is -0.652. The Morgan fingerprint density at radius 1 is 1.44 bits per heavy atom. The zero-order chi connectivity index (χ0) is 12.7. The van der Waals surface area contributed by atoms with Gasteiger partial charge in [-0.3, -0.25) is 4.79 Å². The number of alkyl halides is 3. The Morgan fingerprint density at radius 2 is 1.94 bits per heavy atom. The van der Waals surface area contributed by atoms with Crippen molar-refractivity contribution in [3.05, 3.63) is 11.8 Å². The van der Waals surface area contributed by atoms with Crippen LogP contribution in [0.15, 0.2) is 11.8 Å². The van der Waals surface area contributed by atoms with Crippen LogP contribution in [0.1, 0.15) is 13.8 Å². The van der Waals surface area contributed by atoms with E-state index in [2.05, 4.69) is 4.74 Å². The molecule has 0 saturated heterocycles. The molecule has 16 heavy (non-hydrogen) atoms. The van der Waals surface area contributed by atoms with Gasteiger partial charge in [-0.1, -0.05) is 13.8 Å². The minimum absolute atomic E-state index is 0.637. The molecule has 1 aliphatic carbocycles. The van der Waals surface area contributed by atoms with E-state index in [9.17, 15) is 18.0 Å². The highest BCUT2D eigenvalue weighted by atomic mass is 19.4. The largest absolute Gasteiger partial charge is 0.492 e. The average Bonchev–Trinajstić information content (AvgIpc) is 2.61. The number of hydrogen-bond acceptors (Lipinski definition) is 2. The molecule has 0 heterocycles. The number of halogens is 3. The van der Waals surface area contributed by atoms with Crippen molar-refractivity contribution in [2.24, 2.45) is 17.3 Å². The summed E-state index contributed by atoms with van der Waals surface area (Å²) in [6.07, 6.45) is -3.71. The lowest BCUT2D eigenvalue weighted by Gasteiger charge is -2.10. The van der Waals surface area contributed by atoms with Crippen molar-refractivity contribution >= 4 is 5.97 Å². The van der Waals surface area contributed by atoms with Crippen LogP contribution in [-0.4, -0.2) is 24.4 Å². The maximum absolute atomic E-state index is 12.3. The number of rotatable bonds is 3. The van der Waals surface area contributed by atoms with Gasteiger partial charge in [0.05, 0.1) is 13.0 Å². The Kier molecular flexibility index (Phi) is 2.96. The lowest BCUT2D eigenvalue weighted by molar-refractivity contribution is -0.139. The summed E-state index contributed by atoms with van der Waals surface area (Å²) in [7, 11) is 0.921. The molecule has 0 aromatic carbocycles. The summed E-state index contributed by atoms with van der Waals surface area (Å²) in [4.78, 5) is 10.8. The van der Waals surface area contributed by atoms with Crippen molar-refractivity contribution in [3.8, 4) is 0 Å². The van der Waals surface area contributed by atoms with Gasteiger partial charge < -0.3 is 9.84 Å².